The van der Waals surface area contributed by atoms with E-state index in [1.165, 1.54) is 19.3 Å². The van der Waals surface area contributed by atoms with E-state index in [0.717, 1.165) is 17.4 Å². The Kier molecular flexibility index (Phi) is 5.57. The summed E-state index contributed by atoms with van der Waals surface area (Å²) < 4.78 is 10.6. The van der Waals surface area contributed by atoms with Crippen molar-refractivity contribution in [3.05, 3.63) is 12.7 Å². The molecule has 1 aliphatic rings. The van der Waals surface area contributed by atoms with E-state index in [9.17, 15) is 0 Å². The van der Waals surface area contributed by atoms with E-state index < -0.39 is 0 Å². The molecule has 1 fully saturated rings. The molecule has 3 unspecified atom stereocenters. The summed E-state index contributed by atoms with van der Waals surface area (Å²) in [6, 6.07) is 0. The fourth-order valence-electron chi connectivity index (χ4n) is 2.57. The Hall–Kier alpha value is -0.123. The molecular formula is C12H24O2Si. The predicted octanol–water partition coefficient (Wildman–Crippen LogP) is 2.14. The first kappa shape index (κ1) is 12.9. The van der Waals surface area contributed by atoms with Gasteiger partial charge in [-0.05, 0) is 36.6 Å². The van der Waals surface area contributed by atoms with Crippen molar-refractivity contribution in [2.75, 3.05) is 14.2 Å². The third-order valence-electron chi connectivity index (χ3n) is 3.74. The Morgan fingerprint density at radius 3 is 2.47 bits per heavy atom. The molecule has 1 saturated carbocycles. The van der Waals surface area contributed by atoms with Crippen LogP contribution in [0.15, 0.2) is 12.7 Å². The Morgan fingerprint density at radius 2 is 2.00 bits per heavy atom. The lowest BCUT2D eigenvalue weighted by atomic mass is 10.0. The van der Waals surface area contributed by atoms with Crippen LogP contribution in [0.3, 0.4) is 0 Å². The normalized spacial score (nSPS) is 29.1. The largest absolute Gasteiger partial charge is 0.360 e. The SMILES string of the molecule is C=CC1CCC(C(C)[SiH2]C(OC)OC)C1. The summed E-state index contributed by atoms with van der Waals surface area (Å²) in [7, 11) is 3.20. The molecule has 3 atom stereocenters. The maximum absolute atomic E-state index is 5.30. The maximum atomic E-state index is 5.30. The summed E-state index contributed by atoms with van der Waals surface area (Å²) >= 11 is 0. The zero-order chi connectivity index (χ0) is 11.3. The minimum Gasteiger partial charge on any atom is -0.360 e. The van der Waals surface area contributed by atoms with Gasteiger partial charge in [0.15, 0.2) is 0 Å². The van der Waals surface area contributed by atoms with Gasteiger partial charge in [-0.25, -0.2) is 0 Å². The first-order valence-corrected chi connectivity index (χ1v) is 7.52. The van der Waals surface area contributed by atoms with Gasteiger partial charge in [0.25, 0.3) is 0 Å². The van der Waals surface area contributed by atoms with Gasteiger partial charge in [-0.15, -0.1) is 6.58 Å². The lowest BCUT2D eigenvalue weighted by Gasteiger charge is -2.22. The molecule has 0 aromatic carbocycles. The molecule has 88 valence electrons. The van der Waals surface area contributed by atoms with Gasteiger partial charge in [-0.3, -0.25) is 0 Å². The topological polar surface area (TPSA) is 18.5 Å². The molecule has 0 heterocycles. The standard InChI is InChI=1S/C12H24O2Si/c1-5-10-6-7-11(8-10)9(2)15-12(13-3)14-4/h5,9-12H,1,6-8,15H2,2-4H3. The first-order valence-electron chi connectivity index (χ1n) is 5.89. The lowest BCUT2D eigenvalue weighted by Crippen LogP contribution is -2.27. The highest BCUT2D eigenvalue weighted by Crippen LogP contribution is 2.38. The molecule has 15 heavy (non-hydrogen) atoms. The van der Waals surface area contributed by atoms with Crippen LogP contribution in [0.1, 0.15) is 26.2 Å². The molecule has 3 heteroatoms. The van der Waals surface area contributed by atoms with Crippen molar-refractivity contribution >= 4 is 9.52 Å². The number of hydrogen-bond donors (Lipinski definition) is 0. The van der Waals surface area contributed by atoms with E-state index in [0.29, 0.717) is 0 Å². The zero-order valence-corrected chi connectivity index (χ0v) is 11.7. The van der Waals surface area contributed by atoms with Gasteiger partial charge in [0, 0.05) is 14.2 Å². The summed E-state index contributed by atoms with van der Waals surface area (Å²) in [5, 5.41) is 0. The van der Waals surface area contributed by atoms with Crippen LogP contribution in [-0.4, -0.2) is 29.7 Å². The van der Waals surface area contributed by atoms with Crippen LogP contribution in [0, 0.1) is 11.8 Å². The van der Waals surface area contributed by atoms with E-state index in [1.807, 2.05) is 0 Å². The van der Waals surface area contributed by atoms with E-state index in [1.54, 1.807) is 14.2 Å². The smallest absolute Gasteiger partial charge is 0.134 e. The van der Waals surface area contributed by atoms with Crippen LogP contribution < -0.4 is 0 Å². The molecule has 0 aromatic rings. The Morgan fingerprint density at radius 1 is 1.33 bits per heavy atom. The fourth-order valence-corrected chi connectivity index (χ4v) is 4.37. The minimum absolute atomic E-state index is 0.0998. The Labute approximate surface area is 95.9 Å². The van der Waals surface area contributed by atoms with E-state index in [2.05, 4.69) is 19.6 Å². The minimum atomic E-state index is -0.289. The van der Waals surface area contributed by atoms with Crippen LogP contribution in [0.2, 0.25) is 5.54 Å². The van der Waals surface area contributed by atoms with Gasteiger partial charge in [0.1, 0.15) is 5.91 Å². The second-order valence-corrected chi connectivity index (χ2v) is 7.11. The molecule has 1 rings (SSSR count). The Bertz CT molecular complexity index is 192. The quantitative estimate of drug-likeness (QED) is 0.394. The number of allylic oxidation sites excluding steroid dienone is 1. The molecule has 0 spiro atoms. The molecule has 0 aliphatic heterocycles. The molecule has 0 radical (unpaired) electrons. The van der Waals surface area contributed by atoms with Crippen molar-refractivity contribution in [2.45, 2.75) is 37.6 Å². The first-order chi connectivity index (χ1) is 7.21. The third kappa shape index (κ3) is 3.74. The summed E-state index contributed by atoms with van der Waals surface area (Å²) in [4.78, 5) is 0. The van der Waals surface area contributed by atoms with Crippen molar-refractivity contribution in [2.24, 2.45) is 11.8 Å². The fraction of sp³-hybridized carbons (Fsp3) is 0.833. The van der Waals surface area contributed by atoms with Gasteiger partial charge in [-0.2, -0.15) is 0 Å². The van der Waals surface area contributed by atoms with E-state index in [-0.39, 0.29) is 15.4 Å². The van der Waals surface area contributed by atoms with Crippen molar-refractivity contribution in [3.63, 3.8) is 0 Å². The second kappa shape index (κ2) is 6.46. The van der Waals surface area contributed by atoms with Crippen LogP contribution >= 0.6 is 0 Å². The average molecular weight is 228 g/mol. The lowest BCUT2D eigenvalue weighted by molar-refractivity contribution is -0.0451. The number of hydrogen-bond acceptors (Lipinski definition) is 2. The van der Waals surface area contributed by atoms with Gasteiger partial charge in [-0.1, -0.05) is 13.0 Å². The molecule has 0 saturated heterocycles. The van der Waals surface area contributed by atoms with Crippen LogP contribution in [-0.2, 0) is 9.47 Å². The summed E-state index contributed by atoms with van der Waals surface area (Å²) in [5.74, 6) is 1.74. The highest BCUT2D eigenvalue weighted by molar-refractivity contribution is 6.38. The van der Waals surface area contributed by atoms with Gasteiger partial charge in [0.05, 0.1) is 9.52 Å². The second-order valence-electron chi connectivity index (χ2n) is 4.68. The summed E-state index contributed by atoms with van der Waals surface area (Å²) in [5.41, 5.74) is 0.819. The number of ether oxygens (including phenoxy) is 2. The van der Waals surface area contributed by atoms with Gasteiger partial charge >= 0.3 is 0 Å². The van der Waals surface area contributed by atoms with Crippen molar-refractivity contribution in [1.29, 1.82) is 0 Å². The van der Waals surface area contributed by atoms with Crippen LogP contribution in [0.4, 0.5) is 0 Å². The molecule has 0 amide bonds. The van der Waals surface area contributed by atoms with E-state index >= 15 is 0 Å². The molecule has 0 bridgehead atoms. The number of methoxy groups -OCH3 is 2. The maximum Gasteiger partial charge on any atom is 0.134 e. The molecule has 0 aromatic heterocycles. The molecule has 1 aliphatic carbocycles. The zero-order valence-electron chi connectivity index (χ0n) is 10.2. The van der Waals surface area contributed by atoms with Crippen LogP contribution in [0.5, 0.6) is 0 Å². The molecule has 0 N–H and O–H groups in total. The molecule has 2 nitrogen and oxygen atoms in total. The monoisotopic (exact) mass is 228 g/mol. The van der Waals surface area contributed by atoms with Crippen molar-refractivity contribution in [3.8, 4) is 0 Å². The average Bonchev–Trinajstić information content (AvgIpc) is 2.74. The predicted molar refractivity (Wildman–Crippen MR) is 66.8 cm³/mol. The van der Waals surface area contributed by atoms with E-state index in [4.69, 9.17) is 9.47 Å². The highest BCUT2D eigenvalue weighted by Gasteiger charge is 2.28. The van der Waals surface area contributed by atoms with Gasteiger partial charge < -0.3 is 9.47 Å². The summed E-state index contributed by atoms with van der Waals surface area (Å²) in [6.07, 6.45) is 6.15. The summed E-state index contributed by atoms with van der Waals surface area (Å²) in [6.45, 7) is 6.26. The van der Waals surface area contributed by atoms with Crippen molar-refractivity contribution < 1.29 is 9.47 Å². The van der Waals surface area contributed by atoms with Crippen molar-refractivity contribution in [1.82, 2.24) is 0 Å². The number of rotatable bonds is 6. The molecular weight excluding hydrogens is 204 g/mol. The highest BCUT2D eigenvalue weighted by atomic mass is 28.2. The Balaban J connectivity index is 2.34. The van der Waals surface area contributed by atoms with Crippen LogP contribution in [0.25, 0.3) is 0 Å². The van der Waals surface area contributed by atoms with Gasteiger partial charge in [0.2, 0.25) is 0 Å². The third-order valence-corrected chi connectivity index (χ3v) is 6.20.